The zero-order valence-corrected chi connectivity index (χ0v) is 17.9. The van der Waals surface area contributed by atoms with Crippen LogP contribution in [0.2, 0.25) is 0 Å². The topological polar surface area (TPSA) is 103 Å². The van der Waals surface area contributed by atoms with Crippen molar-refractivity contribution >= 4 is 11.8 Å². The normalized spacial score (nSPS) is 16.3. The second kappa shape index (κ2) is 9.55. The maximum absolute atomic E-state index is 13.2. The van der Waals surface area contributed by atoms with Gasteiger partial charge in [-0.2, -0.15) is 4.98 Å². The molecule has 3 rings (SSSR count). The Hall–Kier alpha value is -3.17. The summed E-state index contributed by atoms with van der Waals surface area (Å²) in [5.74, 6) is 0.364. The van der Waals surface area contributed by atoms with E-state index in [-0.39, 0.29) is 23.7 Å². The number of pyridine rings is 1. The van der Waals surface area contributed by atoms with E-state index in [4.69, 9.17) is 9.47 Å². The SMILES string of the molecule is COc1ccc(C(=O)N2CCCCC2CCn2cc(C(=O)N(C)C)nn2)c(OC)n1. The highest BCUT2D eigenvalue weighted by molar-refractivity contribution is 5.96. The van der Waals surface area contributed by atoms with Gasteiger partial charge in [0.25, 0.3) is 11.8 Å². The molecule has 10 heteroatoms. The van der Waals surface area contributed by atoms with Crippen molar-refractivity contribution in [2.75, 3.05) is 34.9 Å². The molecule has 0 aliphatic carbocycles. The van der Waals surface area contributed by atoms with E-state index < -0.39 is 0 Å². The van der Waals surface area contributed by atoms with Crippen molar-refractivity contribution in [2.45, 2.75) is 38.3 Å². The number of ether oxygens (including phenoxy) is 2. The van der Waals surface area contributed by atoms with Gasteiger partial charge in [-0.3, -0.25) is 14.3 Å². The third kappa shape index (κ3) is 4.69. The Balaban J connectivity index is 1.71. The Morgan fingerprint density at radius 1 is 1.20 bits per heavy atom. The van der Waals surface area contributed by atoms with Crippen LogP contribution in [0.3, 0.4) is 0 Å². The van der Waals surface area contributed by atoms with Gasteiger partial charge in [-0.25, -0.2) is 0 Å². The van der Waals surface area contributed by atoms with Crippen LogP contribution in [-0.2, 0) is 6.54 Å². The van der Waals surface area contributed by atoms with E-state index in [0.29, 0.717) is 30.2 Å². The third-order valence-electron chi connectivity index (χ3n) is 5.21. The monoisotopic (exact) mass is 416 g/mol. The minimum absolute atomic E-state index is 0.0651. The van der Waals surface area contributed by atoms with Gasteiger partial charge in [0.15, 0.2) is 5.69 Å². The molecule has 0 aromatic carbocycles. The van der Waals surface area contributed by atoms with Gasteiger partial charge < -0.3 is 19.3 Å². The van der Waals surface area contributed by atoms with Crippen LogP contribution >= 0.6 is 0 Å². The molecule has 1 unspecified atom stereocenters. The smallest absolute Gasteiger partial charge is 0.275 e. The predicted molar refractivity (Wildman–Crippen MR) is 109 cm³/mol. The molecule has 0 bridgehead atoms. The Labute approximate surface area is 175 Å². The highest BCUT2D eigenvalue weighted by Gasteiger charge is 2.29. The van der Waals surface area contributed by atoms with Crippen LogP contribution in [0.4, 0.5) is 0 Å². The fourth-order valence-electron chi connectivity index (χ4n) is 3.59. The molecule has 1 atom stereocenters. The summed E-state index contributed by atoms with van der Waals surface area (Å²) >= 11 is 0. The largest absolute Gasteiger partial charge is 0.481 e. The fourth-order valence-corrected chi connectivity index (χ4v) is 3.59. The second-order valence-electron chi connectivity index (χ2n) is 7.41. The van der Waals surface area contributed by atoms with Crippen LogP contribution in [0.25, 0.3) is 0 Å². The zero-order valence-electron chi connectivity index (χ0n) is 17.9. The van der Waals surface area contributed by atoms with Crippen LogP contribution < -0.4 is 9.47 Å². The number of aryl methyl sites for hydroxylation is 1. The molecular formula is C20H28N6O4. The van der Waals surface area contributed by atoms with E-state index >= 15 is 0 Å². The van der Waals surface area contributed by atoms with E-state index in [0.717, 1.165) is 25.7 Å². The van der Waals surface area contributed by atoms with Crippen LogP contribution in [-0.4, -0.2) is 82.5 Å². The highest BCUT2D eigenvalue weighted by Crippen LogP contribution is 2.27. The molecule has 1 aliphatic heterocycles. The van der Waals surface area contributed by atoms with Crippen LogP contribution in [0.5, 0.6) is 11.8 Å². The van der Waals surface area contributed by atoms with E-state index in [1.54, 1.807) is 37.1 Å². The number of amides is 2. The van der Waals surface area contributed by atoms with Crippen molar-refractivity contribution in [3.63, 3.8) is 0 Å². The molecule has 1 saturated heterocycles. The first-order valence-corrected chi connectivity index (χ1v) is 9.96. The Kier molecular flexibility index (Phi) is 6.86. The van der Waals surface area contributed by atoms with Gasteiger partial charge in [0, 0.05) is 39.3 Å². The summed E-state index contributed by atoms with van der Waals surface area (Å²) in [6.07, 6.45) is 5.30. The number of piperidine rings is 1. The molecule has 3 heterocycles. The lowest BCUT2D eigenvalue weighted by molar-refractivity contribution is 0.0589. The Morgan fingerprint density at radius 2 is 2.00 bits per heavy atom. The van der Waals surface area contributed by atoms with E-state index in [9.17, 15) is 9.59 Å². The minimum Gasteiger partial charge on any atom is -0.481 e. The number of hydrogen-bond acceptors (Lipinski definition) is 7. The lowest BCUT2D eigenvalue weighted by Gasteiger charge is -2.36. The summed E-state index contributed by atoms with van der Waals surface area (Å²) in [4.78, 5) is 32.8. The van der Waals surface area contributed by atoms with Crippen molar-refractivity contribution in [1.82, 2.24) is 29.8 Å². The van der Waals surface area contributed by atoms with Crippen molar-refractivity contribution in [3.8, 4) is 11.8 Å². The molecule has 0 saturated carbocycles. The molecule has 162 valence electrons. The van der Waals surface area contributed by atoms with Gasteiger partial charge in [-0.1, -0.05) is 5.21 Å². The zero-order chi connectivity index (χ0) is 21.7. The van der Waals surface area contributed by atoms with Gasteiger partial charge >= 0.3 is 0 Å². The molecule has 2 aromatic heterocycles. The molecule has 10 nitrogen and oxygen atoms in total. The third-order valence-corrected chi connectivity index (χ3v) is 5.21. The summed E-state index contributed by atoms with van der Waals surface area (Å²) in [7, 11) is 6.36. The van der Waals surface area contributed by atoms with Crippen molar-refractivity contribution in [1.29, 1.82) is 0 Å². The number of nitrogens with zero attached hydrogens (tertiary/aromatic N) is 6. The number of carbonyl (C=O) groups excluding carboxylic acids is 2. The molecule has 2 amide bonds. The van der Waals surface area contributed by atoms with Gasteiger partial charge in [-0.15, -0.1) is 5.10 Å². The van der Waals surface area contributed by atoms with E-state index in [1.807, 2.05) is 4.90 Å². The number of likely N-dealkylation sites (tertiary alicyclic amines) is 1. The first-order chi connectivity index (χ1) is 14.4. The standard InChI is InChI=1S/C20H28N6O4/c1-24(2)20(28)16-13-25(23-22-16)12-10-14-7-5-6-11-26(14)19(27)15-8-9-17(29-3)21-18(15)30-4/h8-9,13-14H,5-7,10-12H2,1-4H3. The minimum atomic E-state index is -0.185. The number of methoxy groups -OCH3 is 2. The average molecular weight is 416 g/mol. The lowest BCUT2D eigenvalue weighted by atomic mass is 9.98. The summed E-state index contributed by atoms with van der Waals surface area (Å²) < 4.78 is 12.1. The summed E-state index contributed by atoms with van der Waals surface area (Å²) in [5.41, 5.74) is 0.732. The summed E-state index contributed by atoms with van der Waals surface area (Å²) in [6, 6.07) is 3.41. The van der Waals surface area contributed by atoms with E-state index in [1.165, 1.54) is 19.1 Å². The van der Waals surface area contributed by atoms with Gasteiger partial charge in [-0.05, 0) is 31.7 Å². The average Bonchev–Trinajstić information content (AvgIpc) is 3.25. The molecule has 1 aliphatic rings. The van der Waals surface area contributed by atoms with Crippen molar-refractivity contribution < 1.29 is 19.1 Å². The van der Waals surface area contributed by atoms with Crippen LogP contribution in [0.1, 0.15) is 46.5 Å². The van der Waals surface area contributed by atoms with Gasteiger partial charge in [0.05, 0.1) is 20.4 Å². The summed E-state index contributed by atoms with van der Waals surface area (Å²) in [5, 5.41) is 8.00. The van der Waals surface area contributed by atoms with E-state index in [2.05, 4.69) is 15.3 Å². The number of hydrogen-bond donors (Lipinski definition) is 0. The van der Waals surface area contributed by atoms with Crippen LogP contribution in [0, 0.1) is 0 Å². The molecule has 0 N–H and O–H groups in total. The molecule has 0 radical (unpaired) electrons. The lowest BCUT2D eigenvalue weighted by Crippen LogP contribution is -2.44. The van der Waals surface area contributed by atoms with Crippen LogP contribution in [0.15, 0.2) is 18.3 Å². The van der Waals surface area contributed by atoms with Gasteiger partial charge in [0.2, 0.25) is 11.8 Å². The number of carbonyl (C=O) groups is 2. The Morgan fingerprint density at radius 3 is 2.70 bits per heavy atom. The molecule has 30 heavy (non-hydrogen) atoms. The fraction of sp³-hybridized carbons (Fsp3) is 0.550. The second-order valence-corrected chi connectivity index (χ2v) is 7.41. The Bertz CT molecular complexity index is 897. The first-order valence-electron chi connectivity index (χ1n) is 9.96. The predicted octanol–water partition coefficient (Wildman–Crippen LogP) is 1.48. The van der Waals surface area contributed by atoms with Crippen molar-refractivity contribution in [3.05, 3.63) is 29.6 Å². The molecule has 1 fully saturated rings. The van der Waals surface area contributed by atoms with Crippen molar-refractivity contribution in [2.24, 2.45) is 0 Å². The highest BCUT2D eigenvalue weighted by atomic mass is 16.5. The maximum atomic E-state index is 13.2. The summed E-state index contributed by atoms with van der Waals surface area (Å²) in [6.45, 7) is 1.25. The first kappa shape index (κ1) is 21.5. The molecular weight excluding hydrogens is 388 g/mol. The molecule has 2 aromatic rings. The number of rotatable bonds is 7. The molecule has 0 spiro atoms. The number of aromatic nitrogens is 4. The van der Waals surface area contributed by atoms with Gasteiger partial charge in [0.1, 0.15) is 5.56 Å². The quantitative estimate of drug-likeness (QED) is 0.673. The maximum Gasteiger partial charge on any atom is 0.275 e.